The van der Waals surface area contributed by atoms with E-state index >= 15 is 0 Å². The monoisotopic (exact) mass is 490 g/mol. The molecule has 9 heteroatoms. The van der Waals surface area contributed by atoms with Crippen LogP contribution in [0.15, 0.2) is 60.1 Å². The summed E-state index contributed by atoms with van der Waals surface area (Å²) >= 11 is 1.51. The minimum absolute atomic E-state index is 0. The number of non-ortho nitro benzene ring substituents is 1. The molecule has 1 heterocycles. The number of carbonyl (C=O) groups is 2. The molecular weight excluding hydrogens is 472 g/mol. The zero-order valence-electron chi connectivity index (χ0n) is 16.1. The van der Waals surface area contributed by atoms with Crippen molar-refractivity contribution in [1.82, 2.24) is 0 Å². The molecule has 0 N–H and O–H groups in total. The van der Waals surface area contributed by atoms with Crippen molar-refractivity contribution in [3.63, 3.8) is 0 Å². The van der Waals surface area contributed by atoms with Crippen LogP contribution < -0.4 is 21.5 Å². The smallest absolute Gasteiger partial charge is 0.338 e. The number of nitrogens with zero attached hydrogens (tertiary/aromatic N) is 2. The molecule has 3 rings (SSSR count). The van der Waals surface area contributed by atoms with Crippen LogP contribution in [0.2, 0.25) is 0 Å². The Kier molecular flexibility index (Phi) is 8.37. The third kappa shape index (κ3) is 5.80. The number of rotatable bonds is 8. The number of hydrogen-bond donors (Lipinski definition) is 0. The Hall–Kier alpha value is -2.91. The third-order valence-corrected chi connectivity index (χ3v) is 5.59. The summed E-state index contributed by atoms with van der Waals surface area (Å²) in [6.07, 6.45) is 0.530. The first kappa shape index (κ1) is 23.4. The van der Waals surface area contributed by atoms with Crippen molar-refractivity contribution >= 4 is 28.8 Å². The Morgan fingerprint density at radius 3 is 2.37 bits per heavy atom. The third-order valence-electron chi connectivity index (χ3n) is 4.44. The lowest BCUT2D eigenvalue weighted by Gasteiger charge is -2.04. The minimum Gasteiger partial charge on any atom is -1.00 e. The number of ketones is 1. The van der Waals surface area contributed by atoms with Crippen molar-refractivity contribution in [2.75, 3.05) is 6.61 Å². The maximum absolute atomic E-state index is 12.4. The fourth-order valence-electron chi connectivity index (χ4n) is 2.76. The molecule has 0 saturated heterocycles. The number of carbonyl (C=O) groups excluding carboxylic acids is 2. The average molecular weight is 491 g/mol. The molecule has 1 aromatic heterocycles. The van der Waals surface area contributed by atoms with Gasteiger partial charge >= 0.3 is 5.97 Å². The van der Waals surface area contributed by atoms with Crippen LogP contribution in [0.3, 0.4) is 0 Å². The summed E-state index contributed by atoms with van der Waals surface area (Å²) in [5.41, 5.74) is 3.71. The summed E-state index contributed by atoms with van der Waals surface area (Å²) < 4.78 is 7.17. The number of nitro groups is 1. The van der Waals surface area contributed by atoms with Crippen LogP contribution in [0.1, 0.15) is 31.3 Å². The van der Waals surface area contributed by atoms with E-state index in [0.717, 1.165) is 10.6 Å². The lowest BCUT2D eigenvalue weighted by Crippen LogP contribution is -3.00. The highest BCUT2D eigenvalue weighted by Crippen LogP contribution is 2.15. The normalized spacial score (nSPS) is 10.2. The summed E-state index contributed by atoms with van der Waals surface area (Å²) in [6.45, 7) is 2.38. The maximum Gasteiger partial charge on any atom is 0.338 e. The number of halogens is 1. The van der Waals surface area contributed by atoms with Crippen LogP contribution in [0, 0.1) is 17.0 Å². The van der Waals surface area contributed by atoms with Crippen molar-refractivity contribution in [1.29, 1.82) is 0 Å². The van der Waals surface area contributed by atoms with Gasteiger partial charge in [0.1, 0.15) is 0 Å². The summed E-state index contributed by atoms with van der Waals surface area (Å²) in [5.74, 6) is -0.492. The molecule has 0 bridgehead atoms. The van der Waals surface area contributed by atoms with Gasteiger partial charge in [-0.1, -0.05) is 41.7 Å². The molecule has 0 spiro atoms. The van der Waals surface area contributed by atoms with E-state index in [1.54, 1.807) is 12.1 Å². The molecule has 0 saturated carbocycles. The number of Topliss-reactive ketones (excluding diaryl/α,β-unsaturated/α-hetero) is 1. The van der Waals surface area contributed by atoms with Gasteiger partial charge in [0.15, 0.2) is 5.69 Å². The first-order valence-corrected chi connectivity index (χ1v) is 9.80. The summed E-state index contributed by atoms with van der Waals surface area (Å²) in [4.78, 5) is 35.6. The van der Waals surface area contributed by atoms with Crippen LogP contribution in [-0.4, -0.2) is 23.3 Å². The molecular formula is C21H19BrN2O5S. The Balaban J connectivity index is 0.00000320. The van der Waals surface area contributed by atoms with Gasteiger partial charge < -0.3 is 21.7 Å². The quantitative estimate of drug-likeness (QED) is 0.151. The van der Waals surface area contributed by atoms with E-state index in [4.69, 9.17) is 4.74 Å². The fourth-order valence-corrected chi connectivity index (χ4v) is 3.73. The van der Waals surface area contributed by atoms with Crippen molar-refractivity contribution in [2.45, 2.75) is 19.9 Å². The number of benzene rings is 2. The molecule has 156 valence electrons. The van der Waals surface area contributed by atoms with Gasteiger partial charge in [-0.25, -0.2) is 4.79 Å². The van der Waals surface area contributed by atoms with Crippen LogP contribution in [0.25, 0.3) is 0 Å². The topological polar surface area (TPSA) is 90.4 Å². The van der Waals surface area contributed by atoms with Gasteiger partial charge in [0, 0.05) is 31.0 Å². The van der Waals surface area contributed by atoms with Crippen LogP contribution in [0.5, 0.6) is 0 Å². The Labute approximate surface area is 187 Å². The van der Waals surface area contributed by atoms with Crippen molar-refractivity contribution < 1.29 is 40.8 Å². The van der Waals surface area contributed by atoms with Gasteiger partial charge in [0.2, 0.25) is 17.8 Å². The van der Waals surface area contributed by atoms with E-state index in [1.165, 1.54) is 35.6 Å². The van der Waals surface area contributed by atoms with Crippen molar-refractivity contribution in [3.8, 4) is 0 Å². The number of nitro benzene ring substituents is 1. The molecule has 30 heavy (non-hydrogen) atoms. The zero-order valence-corrected chi connectivity index (χ0v) is 18.5. The van der Waals surface area contributed by atoms with E-state index < -0.39 is 10.9 Å². The van der Waals surface area contributed by atoms with Gasteiger partial charge in [-0.15, -0.1) is 0 Å². The first-order valence-electron chi connectivity index (χ1n) is 8.92. The number of hydrogen-bond acceptors (Lipinski definition) is 6. The molecule has 0 aliphatic rings. The minimum atomic E-state index is -0.527. The Morgan fingerprint density at radius 2 is 1.73 bits per heavy atom. The van der Waals surface area contributed by atoms with Gasteiger partial charge in [-0.05, 0) is 12.1 Å². The molecule has 0 radical (unpaired) electrons. The standard InChI is InChI=1S/C21H19N2O5S.BrH/c1-15-20(29-14-22(15)13-19(24)16-5-3-2-4-6-16)11-12-28-21(25)17-7-9-18(10-8-17)23(26)27;/h2-10,14H,11-13H2,1H3;1H/q+1;/p-1. The average Bonchev–Trinajstić information content (AvgIpc) is 3.08. The number of ether oxygens (including phenoxy) is 1. The molecule has 0 aliphatic carbocycles. The lowest BCUT2D eigenvalue weighted by atomic mass is 10.1. The Morgan fingerprint density at radius 1 is 1.07 bits per heavy atom. The number of thiazole rings is 1. The summed E-state index contributed by atoms with van der Waals surface area (Å²) in [6, 6.07) is 14.4. The van der Waals surface area contributed by atoms with E-state index in [0.29, 0.717) is 12.0 Å². The largest absolute Gasteiger partial charge is 1.00 e. The molecule has 0 aliphatic heterocycles. The molecule has 0 unspecified atom stereocenters. The SMILES string of the molecule is Cc1c(CCOC(=O)c2ccc([N+](=O)[O-])cc2)sc[n+]1CC(=O)c1ccccc1.[Br-]. The lowest BCUT2D eigenvalue weighted by molar-refractivity contribution is -0.684. The van der Waals surface area contributed by atoms with Crippen LogP contribution >= 0.6 is 11.3 Å². The second-order valence-corrected chi connectivity index (χ2v) is 7.28. The number of aromatic nitrogens is 1. The van der Waals surface area contributed by atoms with Gasteiger partial charge in [-0.3, -0.25) is 14.9 Å². The van der Waals surface area contributed by atoms with Gasteiger partial charge in [0.05, 0.1) is 22.0 Å². The molecule has 2 aromatic carbocycles. The van der Waals surface area contributed by atoms with Gasteiger partial charge in [0.25, 0.3) is 5.69 Å². The highest BCUT2D eigenvalue weighted by Gasteiger charge is 2.20. The highest BCUT2D eigenvalue weighted by atomic mass is 79.9. The molecule has 0 fully saturated rings. The van der Waals surface area contributed by atoms with E-state index in [2.05, 4.69) is 0 Å². The Bertz CT molecular complexity index is 1040. The van der Waals surface area contributed by atoms with E-state index in [9.17, 15) is 19.7 Å². The van der Waals surface area contributed by atoms with Crippen LogP contribution in [-0.2, 0) is 17.7 Å². The summed E-state index contributed by atoms with van der Waals surface area (Å²) in [5, 5.41) is 10.7. The van der Waals surface area contributed by atoms with Crippen LogP contribution in [0.4, 0.5) is 5.69 Å². The van der Waals surface area contributed by atoms with Gasteiger partial charge in [-0.2, -0.15) is 4.57 Å². The second kappa shape index (κ2) is 10.7. The summed E-state index contributed by atoms with van der Waals surface area (Å²) in [7, 11) is 0. The molecule has 0 amide bonds. The van der Waals surface area contributed by atoms with E-state index in [-0.39, 0.29) is 47.2 Å². The van der Waals surface area contributed by atoms with Crippen molar-refractivity contribution in [3.05, 3.63) is 91.9 Å². The predicted octanol–water partition coefficient (Wildman–Crippen LogP) is 0.539. The molecule has 3 aromatic rings. The van der Waals surface area contributed by atoms with Crippen molar-refractivity contribution in [2.24, 2.45) is 0 Å². The second-order valence-electron chi connectivity index (χ2n) is 6.34. The highest BCUT2D eigenvalue weighted by molar-refractivity contribution is 7.09. The van der Waals surface area contributed by atoms with E-state index in [1.807, 2.05) is 35.2 Å². The maximum atomic E-state index is 12.4. The zero-order chi connectivity index (χ0) is 20.8. The fraction of sp³-hybridized carbons (Fsp3) is 0.190. The first-order chi connectivity index (χ1) is 14.0. The predicted molar refractivity (Wildman–Crippen MR) is 107 cm³/mol. The number of esters is 1. The molecule has 0 atom stereocenters. The molecule has 7 nitrogen and oxygen atoms in total.